The molecule has 1 aromatic carbocycles. The van der Waals surface area contributed by atoms with E-state index in [9.17, 15) is 4.79 Å². The Balaban J connectivity index is 2.80. The minimum atomic E-state index is 0.0954. The zero-order valence-corrected chi connectivity index (χ0v) is 9.71. The summed E-state index contributed by atoms with van der Waals surface area (Å²) in [6.07, 6.45) is 3.90. The van der Waals surface area contributed by atoms with Gasteiger partial charge in [0.15, 0.2) is 5.78 Å². The second-order valence-electron chi connectivity index (χ2n) is 4.03. The Kier molecular flexibility index (Phi) is 4.29. The highest BCUT2D eigenvalue weighted by Crippen LogP contribution is 2.08. The predicted octanol–water partition coefficient (Wildman–Crippen LogP) is 3.79. The van der Waals surface area contributed by atoms with Crippen molar-refractivity contribution in [1.29, 1.82) is 0 Å². The summed E-state index contributed by atoms with van der Waals surface area (Å²) in [5.74, 6) is 0.0954. The van der Waals surface area contributed by atoms with Crippen molar-refractivity contribution in [2.75, 3.05) is 0 Å². The average molecular weight is 202 g/mol. The molecule has 0 aliphatic carbocycles. The molecule has 0 aliphatic rings. The third-order valence-corrected chi connectivity index (χ3v) is 2.20. The molecule has 0 N–H and O–H groups in total. The van der Waals surface area contributed by atoms with Crippen LogP contribution in [0, 0.1) is 0 Å². The lowest BCUT2D eigenvalue weighted by Crippen LogP contribution is -1.95. The number of hydrogen-bond donors (Lipinski definition) is 0. The van der Waals surface area contributed by atoms with Crippen molar-refractivity contribution < 1.29 is 4.79 Å². The highest BCUT2D eigenvalue weighted by atomic mass is 16.1. The maximum absolute atomic E-state index is 11.6. The third-order valence-electron chi connectivity index (χ3n) is 2.20. The fourth-order valence-corrected chi connectivity index (χ4v) is 1.47. The van der Waals surface area contributed by atoms with E-state index in [0.717, 1.165) is 24.0 Å². The zero-order valence-electron chi connectivity index (χ0n) is 9.71. The van der Waals surface area contributed by atoms with Gasteiger partial charge in [0.1, 0.15) is 0 Å². The minimum absolute atomic E-state index is 0.0954. The quantitative estimate of drug-likeness (QED) is 0.536. The van der Waals surface area contributed by atoms with Gasteiger partial charge in [-0.25, -0.2) is 0 Å². The van der Waals surface area contributed by atoms with E-state index in [1.165, 1.54) is 5.56 Å². The molecule has 1 rings (SSSR count). The summed E-state index contributed by atoms with van der Waals surface area (Å²) in [5, 5.41) is 0. The molecule has 1 aromatic rings. The van der Waals surface area contributed by atoms with E-state index in [0.29, 0.717) is 0 Å². The van der Waals surface area contributed by atoms with Crippen molar-refractivity contribution >= 4 is 5.78 Å². The molecule has 0 saturated carbocycles. The van der Waals surface area contributed by atoms with Crippen molar-refractivity contribution in [3.63, 3.8) is 0 Å². The normalized spacial score (nSPS) is 9.80. The summed E-state index contributed by atoms with van der Waals surface area (Å²) in [5.41, 5.74) is 3.11. The molecule has 0 radical (unpaired) electrons. The van der Waals surface area contributed by atoms with Crippen molar-refractivity contribution in [3.05, 3.63) is 47.0 Å². The molecule has 15 heavy (non-hydrogen) atoms. The van der Waals surface area contributed by atoms with E-state index in [-0.39, 0.29) is 5.78 Å². The number of allylic oxidation sites excluding steroid dienone is 2. The molecule has 0 aromatic heterocycles. The Morgan fingerprint density at radius 2 is 1.80 bits per heavy atom. The lowest BCUT2D eigenvalue weighted by Gasteiger charge is -2.00. The van der Waals surface area contributed by atoms with Gasteiger partial charge in [0, 0.05) is 5.56 Å². The highest BCUT2D eigenvalue weighted by molar-refractivity contribution is 6.04. The number of rotatable bonds is 4. The van der Waals surface area contributed by atoms with Crippen LogP contribution in [-0.2, 0) is 6.42 Å². The largest absolute Gasteiger partial charge is 0.289 e. The highest BCUT2D eigenvalue weighted by Gasteiger charge is 2.01. The van der Waals surface area contributed by atoms with Crippen LogP contribution in [0.15, 0.2) is 35.9 Å². The molecular weight excluding hydrogens is 184 g/mol. The van der Waals surface area contributed by atoms with E-state index < -0.39 is 0 Å². The summed E-state index contributed by atoms with van der Waals surface area (Å²) < 4.78 is 0. The van der Waals surface area contributed by atoms with Gasteiger partial charge in [-0.3, -0.25) is 4.79 Å². The molecule has 1 nitrogen and oxygen atoms in total. The SMILES string of the molecule is CCCc1ccc(C(=O)C=C(C)C)cc1. The Bertz CT molecular complexity index is 353. The van der Waals surface area contributed by atoms with Gasteiger partial charge < -0.3 is 0 Å². The molecule has 0 bridgehead atoms. The Hall–Kier alpha value is -1.37. The summed E-state index contributed by atoms with van der Waals surface area (Å²) in [4.78, 5) is 11.6. The number of hydrogen-bond acceptors (Lipinski definition) is 1. The third kappa shape index (κ3) is 3.70. The van der Waals surface area contributed by atoms with Crippen LogP contribution in [0.3, 0.4) is 0 Å². The van der Waals surface area contributed by atoms with E-state index >= 15 is 0 Å². The van der Waals surface area contributed by atoms with Crippen LogP contribution in [0.4, 0.5) is 0 Å². The Labute approximate surface area is 91.8 Å². The van der Waals surface area contributed by atoms with Gasteiger partial charge >= 0.3 is 0 Å². The van der Waals surface area contributed by atoms with E-state index in [4.69, 9.17) is 0 Å². The fraction of sp³-hybridized carbons (Fsp3) is 0.357. The van der Waals surface area contributed by atoms with Gasteiger partial charge in [-0.15, -0.1) is 0 Å². The van der Waals surface area contributed by atoms with E-state index in [2.05, 4.69) is 6.92 Å². The summed E-state index contributed by atoms with van der Waals surface area (Å²) in [6, 6.07) is 7.89. The molecule has 1 heteroatoms. The molecule has 0 unspecified atom stereocenters. The first-order valence-corrected chi connectivity index (χ1v) is 5.41. The lowest BCUT2D eigenvalue weighted by molar-refractivity contribution is 0.104. The van der Waals surface area contributed by atoms with Gasteiger partial charge in [0.05, 0.1) is 0 Å². The van der Waals surface area contributed by atoms with Crippen molar-refractivity contribution in [2.24, 2.45) is 0 Å². The first kappa shape index (κ1) is 11.7. The van der Waals surface area contributed by atoms with E-state index in [1.807, 2.05) is 38.1 Å². The lowest BCUT2D eigenvalue weighted by atomic mass is 10.0. The van der Waals surface area contributed by atoms with Crippen LogP contribution < -0.4 is 0 Å². The molecule has 0 fully saturated rings. The van der Waals surface area contributed by atoms with Gasteiger partial charge in [-0.05, 0) is 31.9 Å². The first-order chi connectivity index (χ1) is 7.13. The molecule has 0 atom stereocenters. The van der Waals surface area contributed by atoms with E-state index in [1.54, 1.807) is 6.08 Å². The maximum Gasteiger partial charge on any atom is 0.185 e. The maximum atomic E-state index is 11.6. The van der Waals surface area contributed by atoms with Crippen molar-refractivity contribution in [2.45, 2.75) is 33.6 Å². The predicted molar refractivity (Wildman–Crippen MR) is 64.2 cm³/mol. The molecular formula is C14H18O. The van der Waals surface area contributed by atoms with Crippen LogP contribution in [0.1, 0.15) is 43.1 Å². The number of benzene rings is 1. The van der Waals surface area contributed by atoms with Crippen LogP contribution >= 0.6 is 0 Å². The summed E-state index contributed by atoms with van der Waals surface area (Å²) >= 11 is 0. The second-order valence-corrected chi connectivity index (χ2v) is 4.03. The van der Waals surface area contributed by atoms with Crippen LogP contribution in [0.2, 0.25) is 0 Å². The standard InChI is InChI=1S/C14H18O/c1-4-5-12-6-8-13(9-7-12)14(15)10-11(2)3/h6-10H,4-5H2,1-3H3. The topological polar surface area (TPSA) is 17.1 Å². The number of carbonyl (C=O) groups excluding carboxylic acids is 1. The van der Waals surface area contributed by atoms with Gasteiger partial charge in [0.2, 0.25) is 0 Å². The molecule has 0 saturated heterocycles. The minimum Gasteiger partial charge on any atom is -0.289 e. The average Bonchev–Trinajstić information content (AvgIpc) is 2.18. The van der Waals surface area contributed by atoms with Crippen LogP contribution in [0.5, 0.6) is 0 Å². The fourth-order valence-electron chi connectivity index (χ4n) is 1.47. The second kappa shape index (κ2) is 5.50. The van der Waals surface area contributed by atoms with Crippen LogP contribution in [-0.4, -0.2) is 5.78 Å². The zero-order chi connectivity index (χ0) is 11.3. The summed E-state index contributed by atoms with van der Waals surface area (Å²) in [6.45, 7) is 6.02. The van der Waals surface area contributed by atoms with Gasteiger partial charge in [-0.2, -0.15) is 0 Å². The Morgan fingerprint density at radius 1 is 1.20 bits per heavy atom. The number of ketones is 1. The molecule has 0 heterocycles. The molecule has 0 amide bonds. The van der Waals surface area contributed by atoms with Gasteiger partial charge in [-0.1, -0.05) is 43.2 Å². The van der Waals surface area contributed by atoms with Crippen molar-refractivity contribution in [1.82, 2.24) is 0 Å². The number of aryl methyl sites for hydroxylation is 1. The van der Waals surface area contributed by atoms with Crippen molar-refractivity contribution in [3.8, 4) is 0 Å². The monoisotopic (exact) mass is 202 g/mol. The Morgan fingerprint density at radius 3 is 2.27 bits per heavy atom. The molecule has 0 spiro atoms. The molecule has 0 aliphatic heterocycles. The van der Waals surface area contributed by atoms with Gasteiger partial charge in [0.25, 0.3) is 0 Å². The summed E-state index contributed by atoms with van der Waals surface area (Å²) in [7, 11) is 0. The first-order valence-electron chi connectivity index (χ1n) is 5.41. The smallest absolute Gasteiger partial charge is 0.185 e. The van der Waals surface area contributed by atoms with Crippen LogP contribution in [0.25, 0.3) is 0 Å². The number of carbonyl (C=O) groups is 1. The molecule has 80 valence electrons.